The van der Waals surface area contributed by atoms with Crippen LogP contribution < -0.4 is 4.74 Å². The monoisotopic (exact) mass is 340 g/mol. The molecule has 1 saturated heterocycles. The van der Waals surface area contributed by atoms with Gasteiger partial charge < -0.3 is 14.2 Å². The van der Waals surface area contributed by atoms with E-state index in [9.17, 15) is 9.18 Å². The molecule has 2 aromatic rings. The van der Waals surface area contributed by atoms with Crippen molar-refractivity contribution < 1.29 is 23.4 Å². The summed E-state index contributed by atoms with van der Waals surface area (Å²) in [6.07, 6.45) is 1.37. The number of para-hydroxylation sites is 1. The van der Waals surface area contributed by atoms with E-state index in [0.717, 1.165) is 0 Å². The van der Waals surface area contributed by atoms with Crippen molar-refractivity contribution in [2.24, 2.45) is 0 Å². The van der Waals surface area contributed by atoms with Crippen LogP contribution in [0.15, 0.2) is 48.5 Å². The highest BCUT2D eigenvalue weighted by Crippen LogP contribution is 2.39. The van der Waals surface area contributed by atoms with Gasteiger partial charge in [0.25, 0.3) is 0 Å². The maximum absolute atomic E-state index is 13.7. The van der Waals surface area contributed by atoms with Crippen LogP contribution in [0.1, 0.15) is 29.8 Å². The molecule has 2 aliphatic rings. The van der Waals surface area contributed by atoms with Crippen LogP contribution in [0.5, 0.6) is 11.5 Å². The number of Topliss-reactive ketones (excluding diaryl/α,β-unsaturated/α-hetero) is 1. The molecule has 0 aliphatic carbocycles. The highest BCUT2D eigenvalue weighted by molar-refractivity contribution is 6.31. The summed E-state index contributed by atoms with van der Waals surface area (Å²) in [5.74, 6) is -0.595. The van der Waals surface area contributed by atoms with Gasteiger partial charge in [-0.3, -0.25) is 4.79 Å². The summed E-state index contributed by atoms with van der Waals surface area (Å²) in [7, 11) is 0. The number of hydrogen-bond acceptors (Lipinski definition) is 4. The van der Waals surface area contributed by atoms with E-state index in [1.165, 1.54) is 18.2 Å². The highest BCUT2D eigenvalue weighted by atomic mass is 19.1. The Hall–Kier alpha value is -2.50. The number of fused-ring (bicyclic) bond motifs is 2. The third-order valence-electron chi connectivity index (χ3n) is 4.21. The zero-order valence-corrected chi connectivity index (χ0v) is 13.9. The smallest absolute Gasteiger partial charge is 0.197 e. The second-order valence-electron chi connectivity index (χ2n) is 6.52. The van der Waals surface area contributed by atoms with Crippen molar-refractivity contribution in [3.05, 3.63) is 65.5 Å². The second kappa shape index (κ2) is 5.79. The summed E-state index contributed by atoms with van der Waals surface area (Å²) in [5, 5.41) is 0. The summed E-state index contributed by atoms with van der Waals surface area (Å²) in [6, 6.07) is 11.2. The van der Waals surface area contributed by atoms with Gasteiger partial charge in [0, 0.05) is 11.1 Å². The van der Waals surface area contributed by atoms with Gasteiger partial charge in [-0.05, 0) is 44.2 Å². The number of carbonyl (C=O) groups excluding carboxylic acids is 1. The van der Waals surface area contributed by atoms with Crippen LogP contribution in [-0.2, 0) is 9.47 Å². The van der Waals surface area contributed by atoms with Crippen LogP contribution in [0.2, 0.25) is 0 Å². The van der Waals surface area contributed by atoms with E-state index >= 15 is 0 Å². The van der Waals surface area contributed by atoms with Gasteiger partial charge in [0.05, 0.1) is 12.2 Å². The quantitative estimate of drug-likeness (QED) is 0.724. The lowest BCUT2D eigenvalue weighted by Gasteiger charge is -2.16. The average Bonchev–Trinajstić information content (AvgIpc) is 2.87. The Morgan fingerprint density at radius 2 is 1.88 bits per heavy atom. The molecular weight excluding hydrogens is 323 g/mol. The molecule has 4 nitrogen and oxygen atoms in total. The molecule has 0 saturated carbocycles. The standard InChI is InChI=1S/C20H17FO4/c1-20(2)23-11-13(25-20)10-15-14-5-3-4-6-17(14)24-18-8-7-12(21)9-16(18)19(15)22/h3-10,13H,11H2,1-2H3/b15-10+/t13-/m1/s1. The number of ether oxygens (including phenoxy) is 3. The van der Waals surface area contributed by atoms with Crippen molar-refractivity contribution in [3.63, 3.8) is 0 Å². The maximum atomic E-state index is 13.7. The Morgan fingerprint density at radius 3 is 2.64 bits per heavy atom. The van der Waals surface area contributed by atoms with Crippen molar-refractivity contribution in [2.75, 3.05) is 6.61 Å². The maximum Gasteiger partial charge on any atom is 0.197 e. The van der Waals surface area contributed by atoms with E-state index in [-0.39, 0.29) is 17.5 Å². The highest BCUT2D eigenvalue weighted by Gasteiger charge is 2.34. The van der Waals surface area contributed by atoms with Crippen LogP contribution in [0, 0.1) is 5.82 Å². The van der Waals surface area contributed by atoms with Gasteiger partial charge in [0.15, 0.2) is 11.6 Å². The Morgan fingerprint density at radius 1 is 1.12 bits per heavy atom. The molecule has 0 radical (unpaired) electrons. The van der Waals surface area contributed by atoms with Gasteiger partial charge in [0.2, 0.25) is 0 Å². The summed E-state index contributed by atoms with van der Waals surface area (Å²) in [6.45, 7) is 3.99. The number of halogens is 1. The van der Waals surface area contributed by atoms with E-state index in [2.05, 4.69) is 0 Å². The number of rotatable bonds is 1. The Kier molecular flexibility index (Phi) is 3.71. The molecule has 1 atom stereocenters. The van der Waals surface area contributed by atoms with Gasteiger partial charge in [-0.25, -0.2) is 4.39 Å². The first-order valence-corrected chi connectivity index (χ1v) is 8.08. The second-order valence-corrected chi connectivity index (χ2v) is 6.52. The molecule has 0 N–H and O–H groups in total. The van der Waals surface area contributed by atoms with Crippen LogP contribution in [0.4, 0.5) is 4.39 Å². The molecule has 0 amide bonds. The van der Waals surface area contributed by atoms with Gasteiger partial charge in [-0.15, -0.1) is 0 Å². The fourth-order valence-corrected chi connectivity index (χ4v) is 3.08. The Bertz CT molecular complexity index is 885. The predicted octanol–water partition coefficient (Wildman–Crippen LogP) is 4.35. The van der Waals surface area contributed by atoms with E-state index in [1.54, 1.807) is 12.1 Å². The molecule has 2 aliphatic heterocycles. The fraction of sp³-hybridized carbons (Fsp3) is 0.250. The van der Waals surface area contributed by atoms with E-state index < -0.39 is 11.6 Å². The van der Waals surface area contributed by atoms with Crippen LogP contribution in [0.3, 0.4) is 0 Å². The van der Waals surface area contributed by atoms with Gasteiger partial charge >= 0.3 is 0 Å². The van der Waals surface area contributed by atoms with Crippen molar-refractivity contribution in [1.82, 2.24) is 0 Å². The third kappa shape index (κ3) is 2.97. The number of ketones is 1. The van der Waals surface area contributed by atoms with Crippen molar-refractivity contribution >= 4 is 11.4 Å². The number of benzene rings is 2. The first kappa shape index (κ1) is 16.0. The lowest BCUT2D eigenvalue weighted by molar-refractivity contribution is -0.133. The van der Waals surface area contributed by atoms with E-state index in [0.29, 0.717) is 29.2 Å². The van der Waals surface area contributed by atoms with Crippen molar-refractivity contribution in [2.45, 2.75) is 25.7 Å². The average molecular weight is 340 g/mol. The molecule has 1 fully saturated rings. The Labute approximate surface area is 144 Å². The molecule has 25 heavy (non-hydrogen) atoms. The minimum Gasteiger partial charge on any atom is -0.456 e. The van der Waals surface area contributed by atoms with E-state index in [1.807, 2.05) is 32.0 Å². The third-order valence-corrected chi connectivity index (χ3v) is 4.21. The molecule has 2 aromatic carbocycles. The number of hydrogen-bond donors (Lipinski definition) is 0. The van der Waals surface area contributed by atoms with Gasteiger partial charge in [-0.2, -0.15) is 0 Å². The molecule has 0 bridgehead atoms. The topological polar surface area (TPSA) is 44.8 Å². The SMILES string of the molecule is CC1(C)OC[C@@H](/C=C2/C(=O)c3cc(F)ccc3Oc3ccccc32)O1. The fourth-order valence-electron chi connectivity index (χ4n) is 3.08. The molecular formula is C20H17FO4. The number of carbonyl (C=O) groups is 1. The number of allylic oxidation sites excluding steroid dienone is 1. The van der Waals surface area contributed by atoms with Crippen LogP contribution in [-0.4, -0.2) is 24.3 Å². The van der Waals surface area contributed by atoms with Crippen molar-refractivity contribution in [3.8, 4) is 11.5 Å². The zero-order valence-electron chi connectivity index (χ0n) is 13.9. The largest absolute Gasteiger partial charge is 0.456 e. The lowest BCUT2D eigenvalue weighted by atomic mass is 9.95. The molecule has 5 heteroatoms. The molecule has 128 valence electrons. The summed E-state index contributed by atoms with van der Waals surface area (Å²) >= 11 is 0. The van der Waals surface area contributed by atoms with E-state index in [4.69, 9.17) is 14.2 Å². The Balaban J connectivity index is 1.85. The summed E-state index contributed by atoms with van der Waals surface area (Å²) in [4.78, 5) is 13.1. The normalized spacial score (nSPS) is 22.9. The van der Waals surface area contributed by atoms with Crippen molar-refractivity contribution in [1.29, 1.82) is 0 Å². The molecule has 0 spiro atoms. The summed E-state index contributed by atoms with van der Waals surface area (Å²) < 4.78 is 30.9. The molecule has 2 heterocycles. The minimum absolute atomic E-state index is 0.195. The van der Waals surface area contributed by atoms with Crippen LogP contribution in [0.25, 0.3) is 5.57 Å². The van der Waals surface area contributed by atoms with Gasteiger partial charge in [0.1, 0.15) is 23.4 Å². The first-order valence-electron chi connectivity index (χ1n) is 8.08. The first-order chi connectivity index (χ1) is 11.9. The zero-order chi connectivity index (χ0) is 17.6. The molecule has 0 unspecified atom stereocenters. The molecule has 0 aromatic heterocycles. The molecule has 4 rings (SSSR count). The lowest BCUT2D eigenvalue weighted by Crippen LogP contribution is -2.21. The van der Waals surface area contributed by atoms with Crippen LogP contribution >= 0.6 is 0 Å². The predicted molar refractivity (Wildman–Crippen MR) is 90.1 cm³/mol. The van der Waals surface area contributed by atoms with Gasteiger partial charge in [-0.1, -0.05) is 18.2 Å². The minimum atomic E-state index is -0.699. The summed E-state index contributed by atoms with van der Waals surface area (Å²) in [5.41, 5.74) is 1.27.